The van der Waals surface area contributed by atoms with Gasteiger partial charge in [0.1, 0.15) is 6.33 Å². The second kappa shape index (κ2) is 7.77. The Labute approximate surface area is 170 Å². The molecule has 0 bridgehead atoms. The molecule has 0 saturated heterocycles. The van der Waals surface area contributed by atoms with Crippen molar-refractivity contribution in [2.45, 2.75) is 46.3 Å². The van der Waals surface area contributed by atoms with Crippen LogP contribution < -0.4 is 0 Å². The van der Waals surface area contributed by atoms with E-state index in [-0.39, 0.29) is 12.2 Å². The molecule has 10 heteroatoms. The fourth-order valence-corrected chi connectivity index (χ4v) is 3.61. The van der Waals surface area contributed by atoms with E-state index in [1.165, 1.54) is 13.3 Å². The summed E-state index contributed by atoms with van der Waals surface area (Å²) >= 11 is 0. The first-order valence-corrected chi connectivity index (χ1v) is 9.47. The largest absolute Gasteiger partial charge is 0.454 e. The number of fused-ring (bicyclic) bond motifs is 2. The molecule has 0 aliphatic carbocycles. The zero-order valence-electron chi connectivity index (χ0n) is 16.7. The number of ether oxygens (including phenoxy) is 1. The molecule has 0 aliphatic rings. The number of rotatable bonds is 6. The molecule has 4 rings (SSSR count). The van der Waals surface area contributed by atoms with Crippen molar-refractivity contribution in [1.82, 2.24) is 29.1 Å². The lowest BCUT2D eigenvalue weighted by Gasteiger charge is -2.15. The number of para-hydroxylation sites is 2. The van der Waals surface area contributed by atoms with E-state index in [9.17, 15) is 13.6 Å². The molecule has 30 heavy (non-hydrogen) atoms. The number of carbonyl (C=O) groups is 1. The second-order valence-corrected chi connectivity index (χ2v) is 6.97. The zero-order chi connectivity index (χ0) is 21.4. The standard InChI is InChI=1S/C20H20F2N6O2/c1-11-14(12(2)28-20(25-11)23-10-24-28)8-9-17(29)30-13(3)18-26-15-6-4-5-7-16(15)27(18)19(21)22/h4-7,10,13,19H,8-9H2,1-3H3. The monoisotopic (exact) mass is 414 g/mol. The highest BCUT2D eigenvalue weighted by Crippen LogP contribution is 2.28. The van der Waals surface area contributed by atoms with E-state index in [1.54, 1.807) is 28.8 Å². The minimum absolute atomic E-state index is 0.0117. The number of alkyl halides is 2. The number of hydrogen-bond acceptors (Lipinski definition) is 6. The summed E-state index contributed by atoms with van der Waals surface area (Å²) in [6.07, 6.45) is 0.959. The van der Waals surface area contributed by atoms with E-state index in [0.717, 1.165) is 21.5 Å². The van der Waals surface area contributed by atoms with Gasteiger partial charge in [-0.2, -0.15) is 18.9 Å². The van der Waals surface area contributed by atoms with Crippen LogP contribution in [0.5, 0.6) is 0 Å². The van der Waals surface area contributed by atoms with Crippen molar-refractivity contribution in [1.29, 1.82) is 0 Å². The fourth-order valence-electron chi connectivity index (χ4n) is 3.61. The Morgan fingerprint density at radius 2 is 1.97 bits per heavy atom. The third kappa shape index (κ3) is 3.49. The lowest BCUT2D eigenvalue weighted by Crippen LogP contribution is -2.15. The number of hydrogen-bond donors (Lipinski definition) is 0. The average Bonchev–Trinajstić information content (AvgIpc) is 3.32. The Hall–Kier alpha value is -3.43. The van der Waals surface area contributed by atoms with Crippen molar-refractivity contribution in [2.75, 3.05) is 0 Å². The van der Waals surface area contributed by atoms with Crippen LogP contribution in [0, 0.1) is 13.8 Å². The number of esters is 1. The van der Waals surface area contributed by atoms with Crippen LogP contribution in [0.25, 0.3) is 16.8 Å². The first-order valence-electron chi connectivity index (χ1n) is 9.47. The minimum atomic E-state index is -2.79. The van der Waals surface area contributed by atoms with Crippen molar-refractivity contribution in [3.05, 3.63) is 53.4 Å². The molecule has 0 fully saturated rings. The molecule has 1 atom stereocenters. The average molecular weight is 414 g/mol. The summed E-state index contributed by atoms with van der Waals surface area (Å²) in [7, 11) is 0. The summed E-state index contributed by atoms with van der Waals surface area (Å²) in [5, 5.41) is 4.13. The van der Waals surface area contributed by atoms with Crippen LogP contribution in [0.4, 0.5) is 8.78 Å². The van der Waals surface area contributed by atoms with Gasteiger partial charge < -0.3 is 4.74 Å². The molecule has 4 aromatic rings. The predicted molar refractivity (Wildman–Crippen MR) is 104 cm³/mol. The molecule has 0 spiro atoms. The lowest BCUT2D eigenvalue weighted by molar-refractivity contribution is -0.149. The molecule has 0 aliphatic heterocycles. The molecule has 1 unspecified atom stereocenters. The number of halogens is 2. The Balaban J connectivity index is 1.50. The van der Waals surface area contributed by atoms with Gasteiger partial charge in [-0.25, -0.2) is 14.5 Å². The van der Waals surface area contributed by atoms with Gasteiger partial charge in [0, 0.05) is 17.8 Å². The van der Waals surface area contributed by atoms with Crippen molar-refractivity contribution in [2.24, 2.45) is 0 Å². The molecular formula is C20H20F2N6O2. The molecular weight excluding hydrogens is 394 g/mol. The Bertz CT molecular complexity index is 1230. The maximum Gasteiger partial charge on any atom is 0.320 e. The predicted octanol–water partition coefficient (Wildman–Crippen LogP) is 3.72. The Morgan fingerprint density at radius 3 is 2.73 bits per heavy atom. The number of aromatic nitrogens is 6. The van der Waals surface area contributed by atoms with Crippen LogP contribution in [0.1, 0.15) is 48.8 Å². The van der Waals surface area contributed by atoms with Crippen LogP contribution in [-0.2, 0) is 16.0 Å². The third-order valence-corrected chi connectivity index (χ3v) is 5.06. The van der Waals surface area contributed by atoms with Crippen LogP contribution >= 0.6 is 0 Å². The van der Waals surface area contributed by atoms with Gasteiger partial charge in [-0.15, -0.1) is 0 Å². The summed E-state index contributed by atoms with van der Waals surface area (Å²) in [4.78, 5) is 25.1. The van der Waals surface area contributed by atoms with Crippen molar-refractivity contribution < 1.29 is 18.3 Å². The zero-order valence-corrected chi connectivity index (χ0v) is 16.7. The molecule has 3 heterocycles. The molecule has 0 saturated carbocycles. The van der Waals surface area contributed by atoms with Gasteiger partial charge in [-0.3, -0.25) is 9.36 Å². The summed E-state index contributed by atoms with van der Waals surface area (Å²) in [6, 6.07) is 6.58. The smallest absolute Gasteiger partial charge is 0.320 e. The maximum absolute atomic E-state index is 13.6. The molecule has 0 amide bonds. The lowest BCUT2D eigenvalue weighted by atomic mass is 10.1. The molecule has 1 aromatic carbocycles. The number of aryl methyl sites for hydroxylation is 2. The normalized spacial score (nSPS) is 12.7. The maximum atomic E-state index is 13.6. The number of benzene rings is 1. The number of nitrogens with zero attached hydrogens (tertiary/aromatic N) is 6. The van der Waals surface area contributed by atoms with Gasteiger partial charge in [-0.1, -0.05) is 12.1 Å². The summed E-state index contributed by atoms with van der Waals surface area (Å²) in [5.41, 5.74) is 3.19. The van der Waals surface area contributed by atoms with Crippen LogP contribution in [-0.4, -0.2) is 35.1 Å². The van der Waals surface area contributed by atoms with Gasteiger partial charge in [0.05, 0.1) is 11.0 Å². The molecule has 8 nitrogen and oxygen atoms in total. The fraction of sp³-hybridized carbons (Fsp3) is 0.350. The summed E-state index contributed by atoms with van der Waals surface area (Å²) in [5.74, 6) is 0.00122. The topological polar surface area (TPSA) is 87.2 Å². The van der Waals surface area contributed by atoms with Crippen molar-refractivity contribution in [3.63, 3.8) is 0 Å². The Kier molecular flexibility index (Phi) is 5.15. The number of imidazole rings is 1. The molecule has 156 valence electrons. The second-order valence-electron chi connectivity index (χ2n) is 6.97. The molecule has 0 radical (unpaired) electrons. The van der Waals surface area contributed by atoms with E-state index in [0.29, 0.717) is 23.2 Å². The highest BCUT2D eigenvalue weighted by molar-refractivity contribution is 5.76. The van der Waals surface area contributed by atoms with Crippen molar-refractivity contribution >= 4 is 22.8 Å². The Morgan fingerprint density at radius 1 is 1.20 bits per heavy atom. The van der Waals surface area contributed by atoms with E-state index in [2.05, 4.69) is 20.1 Å². The SMILES string of the molecule is Cc1nc2ncnn2c(C)c1CCC(=O)OC(C)c1nc2ccccc2n1C(F)F. The van der Waals surface area contributed by atoms with E-state index >= 15 is 0 Å². The van der Waals surface area contributed by atoms with E-state index in [4.69, 9.17) is 4.74 Å². The van der Waals surface area contributed by atoms with Crippen molar-refractivity contribution in [3.8, 4) is 0 Å². The first kappa shape index (κ1) is 19.9. The van der Waals surface area contributed by atoms with Crippen LogP contribution in [0.3, 0.4) is 0 Å². The first-order chi connectivity index (χ1) is 14.4. The quantitative estimate of drug-likeness (QED) is 0.447. The van der Waals surface area contributed by atoms with Gasteiger partial charge in [0.15, 0.2) is 11.9 Å². The van der Waals surface area contributed by atoms with Crippen LogP contribution in [0.2, 0.25) is 0 Å². The van der Waals surface area contributed by atoms with Gasteiger partial charge >= 0.3 is 12.5 Å². The summed E-state index contributed by atoms with van der Waals surface area (Å²) in [6.45, 7) is 2.47. The van der Waals surface area contributed by atoms with Crippen LogP contribution in [0.15, 0.2) is 30.6 Å². The molecule has 3 aromatic heterocycles. The highest BCUT2D eigenvalue weighted by atomic mass is 19.3. The third-order valence-electron chi connectivity index (χ3n) is 5.06. The van der Waals surface area contributed by atoms with Gasteiger partial charge in [-0.05, 0) is 44.9 Å². The number of carbonyl (C=O) groups excluding carboxylic acids is 1. The minimum Gasteiger partial charge on any atom is -0.454 e. The highest BCUT2D eigenvalue weighted by Gasteiger charge is 2.24. The van der Waals surface area contributed by atoms with Gasteiger partial charge in [0.2, 0.25) is 0 Å². The summed E-state index contributed by atoms with van der Waals surface area (Å²) < 4.78 is 35.0. The van der Waals surface area contributed by atoms with Gasteiger partial charge in [0.25, 0.3) is 5.78 Å². The molecule has 0 N–H and O–H groups in total. The van der Waals surface area contributed by atoms with E-state index in [1.807, 2.05) is 13.8 Å². The van der Waals surface area contributed by atoms with E-state index < -0.39 is 18.6 Å².